The molecule has 2 aliphatic rings. The third kappa shape index (κ3) is 2.68. The molecule has 1 aromatic heterocycles. The Balaban J connectivity index is 1.65. The first-order valence-electron chi connectivity index (χ1n) is 7.29. The lowest BCUT2D eigenvalue weighted by Crippen LogP contribution is -2.39. The van der Waals surface area contributed by atoms with Crippen molar-refractivity contribution in [2.24, 2.45) is 5.92 Å². The number of aliphatic carboxylic acids is 1. The molecule has 104 valence electrons. The molecule has 1 aromatic rings. The van der Waals surface area contributed by atoms with Crippen LogP contribution in [-0.2, 0) is 11.2 Å². The average molecular weight is 263 g/mol. The molecule has 0 aliphatic heterocycles. The van der Waals surface area contributed by atoms with Crippen molar-refractivity contribution in [3.63, 3.8) is 0 Å². The molecule has 0 spiro atoms. The summed E-state index contributed by atoms with van der Waals surface area (Å²) in [6.07, 6.45) is 8.77. The molecular weight excluding hydrogens is 242 g/mol. The molecule has 3 unspecified atom stereocenters. The van der Waals surface area contributed by atoms with Gasteiger partial charge in [-0.05, 0) is 38.2 Å². The Kier molecular flexibility index (Phi) is 3.60. The van der Waals surface area contributed by atoms with E-state index in [1.165, 1.54) is 5.56 Å². The van der Waals surface area contributed by atoms with E-state index in [9.17, 15) is 4.79 Å². The molecule has 3 atom stereocenters. The van der Waals surface area contributed by atoms with Gasteiger partial charge in [-0.15, -0.1) is 0 Å². The second-order valence-corrected chi connectivity index (χ2v) is 5.81. The van der Waals surface area contributed by atoms with E-state index in [0.29, 0.717) is 12.1 Å². The number of carboxylic acid groups (broad SMARTS) is 1. The highest BCUT2D eigenvalue weighted by molar-refractivity contribution is 5.70. The van der Waals surface area contributed by atoms with E-state index in [0.717, 1.165) is 50.7 Å². The monoisotopic (exact) mass is 263 g/mol. The molecule has 0 amide bonds. The summed E-state index contributed by atoms with van der Waals surface area (Å²) in [5, 5.41) is 12.8. The van der Waals surface area contributed by atoms with Crippen LogP contribution in [0.5, 0.6) is 0 Å². The fourth-order valence-corrected chi connectivity index (χ4v) is 3.51. The van der Waals surface area contributed by atoms with Crippen LogP contribution in [0.3, 0.4) is 0 Å². The molecule has 4 nitrogen and oxygen atoms in total. The highest BCUT2D eigenvalue weighted by Crippen LogP contribution is 2.33. The smallest absolute Gasteiger partial charge is 0.306 e. The first-order valence-corrected chi connectivity index (χ1v) is 7.29. The summed E-state index contributed by atoms with van der Waals surface area (Å²) in [5.41, 5.74) is 1.28. The summed E-state index contributed by atoms with van der Waals surface area (Å²) in [7, 11) is 0. The van der Waals surface area contributed by atoms with Crippen LogP contribution >= 0.6 is 0 Å². The number of carbonyl (C=O) groups is 1. The van der Waals surface area contributed by atoms with E-state index in [1.54, 1.807) is 6.26 Å². The molecular formula is C15H21NO3. The fraction of sp³-hybridized carbons (Fsp3) is 0.667. The molecule has 4 heteroatoms. The summed E-state index contributed by atoms with van der Waals surface area (Å²) in [5.74, 6) is 0.298. The lowest BCUT2D eigenvalue weighted by atomic mass is 9.84. The highest BCUT2D eigenvalue weighted by Gasteiger charge is 2.30. The van der Waals surface area contributed by atoms with Gasteiger partial charge >= 0.3 is 5.97 Å². The zero-order valence-electron chi connectivity index (χ0n) is 11.1. The first kappa shape index (κ1) is 12.7. The predicted octanol–water partition coefficient (Wildman–Crippen LogP) is 2.89. The Bertz CT molecular complexity index is 454. The fourth-order valence-electron chi connectivity index (χ4n) is 3.51. The average Bonchev–Trinajstić information content (AvgIpc) is 2.88. The lowest BCUT2D eigenvalue weighted by molar-refractivity contribution is -0.143. The Morgan fingerprint density at radius 2 is 2.21 bits per heavy atom. The summed E-state index contributed by atoms with van der Waals surface area (Å²) in [4.78, 5) is 11.1. The number of furan rings is 1. The van der Waals surface area contributed by atoms with E-state index in [-0.39, 0.29) is 5.92 Å². The third-order valence-corrected chi connectivity index (χ3v) is 4.51. The van der Waals surface area contributed by atoms with Crippen LogP contribution in [0.15, 0.2) is 16.7 Å². The molecule has 0 aromatic carbocycles. The van der Waals surface area contributed by atoms with E-state index < -0.39 is 5.97 Å². The molecule has 2 aliphatic carbocycles. The van der Waals surface area contributed by atoms with Gasteiger partial charge in [0.05, 0.1) is 12.2 Å². The van der Waals surface area contributed by atoms with Crippen molar-refractivity contribution in [2.75, 3.05) is 0 Å². The molecule has 0 bridgehead atoms. The van der Waals surface area contributed by atoms with Crippen molar-refractivity contribution in [3.8, 4) is 0 Å². The molecule has 1 heterocycles. The van der Waals surface area contributed by atoms with Crippen LogP contribution < -0.4 is 5.32 Å². The molecule has 0 saturated heterocycles. The Morgan fingerprint density at radius 1 is 1.32 bits per heavy atom. The normalized spacial score (nSPS) is 30.8. The van der Waals surface area contributed by atoms with Gasteiger partial charge in [0.25, 0.3) is 0 Å². The summed E-state index contributed by atoms with van der Waals surface area (Å²) >= 11 is 0. The number of aryl methyl sites for hydroxylation is 1. The van der Waals surface area contributed by atoms with Gasteiger partial charge in [0, 0.05) is 24.1 Å². The minimum absolute atomic E-state index is 0.168. The topological polar surface area (TPSA) is 62.5 Å². The maximum atomic E-state index is 11.1. The second kappa shape index (κ2) is 5.37. The van der Waals surface area contributed by atoms with Gasteiger partial charge < -0.3 is 14.8 Å². The zero-order valence-corrected chi connectivity index (χ0v) is 11.1. The largest absolute Gasteiger partial charge is 0.481 e. The van der Waals surface area contributed by atoms with Crippen LogP contribution in [0.2, 0.25) is 0 Å². The van der Waals surface area contributed by atoms with Crippen molar-refractivity contribution in [3.05, 3.63) is 23.7 Å². The molecule has 2 N–H and O–H groups in total. The number of rotatable bonds is 3. The first-order chi connectivity index (χ1) is 9.24. The van der Waals surface area contributed by atoms with Crippen molar-refractivity contribution in [1.82, 2.24) is 5.32 Å². The molecule has 19 heavy (non-hydrogen) atoms. The van der Waals surface area contributed by atoms with Crippen molar-refractivity contribution in [1.29, 1.82) is 0 Å². The van der Waals surface area contributed by atoms with E-state index in [1.807, 2.05) is 0 Å². The number of hydrogen-bond acceptors (Lipinski definition) is 3. The van der Waals surface area contributed by atoms with Crippen molar-refractivity contribution >= 4 is 5.97 Å². The minimum Gasteiger partial charge on any atom is -0.481 e. The van der Waals surface area contributed by atoms with E-state index >= 15 is 0 Å². The van der Waals surface area contributed by atoms with Gasteiger partial charge in [-0.1, -0.05) is 6.42 Å². The number of fused-ring (bicyclic) bond motifs is 1. The number of nitrogens with one attached hydrogen (secondary N) is 1. The minimum atomic E-state index is -0.640. The second-order valence-electron chi connectivity index (χ2n) is 5.81. The number of carboxylic acids is 1. The highest BCUT2D eigenvalue weighted by atomic mass is 16.4. The van der Waals surface area contributed by atoms with Gasteiger partial charge in [0.1, 0.15) is 5.76 Å². The molecule has 0 radical (unpaired) electrons. The van der Waals surface area contributed by atoms with Gasteiger partial charge in [-0.3, -0.25) is 4.79 Å². The Labute approximate surface area is 113 Å². The predicted molar refractivity (Wildman–Crippen MR) is 70.9 cm³/mol. The molecule has 3 rings (SSSR count). The van der Waals surface area contributed by atoms with Gasteiger partial charge in [-0.25, -0.2) is 0 Å². The zero-order chi connectivity index (χ0) is 13.2. The SMILES string of the molecule is O=C(O)C1CCCC(NC2CCCc3occc32)C1. The van der Waals surface area contributed by atoms with Crippen LogP contribution in [0.25, 0.3) is 0 Å². The summed E-state index contributed by atoms with van der Waals surface area (Å²) in [6, 6.07) is 2.74. The number of hydrogen-bond donors (Lipinski definition) is 2. The van der Waals surface area contributed by atoms with E-state index in [2.05, 4.69) is 11.4 Å². The third-order valence-electron chi connectivity index (χ3n) is 4.51. The van der Waals surface area contributed by atoms with E-state index in [4.69, 9.17) is 9.52 Å². The van der Waals surface area contributed by atoms with Gasteiger partial charge in [-0.2, -0.15) is 0 Å². The Morgan fingerprint density at radius 3 is 3.05 bits per heavy atom. The molecule has 1 saturated carbocycles. The van der Waals surface area contributed by atoms with Crippen LogP contribution in [0.1, 0.15) is 55.9 Å². The standard InChI is InChI=1S/C15H21NO3/c17-15(18)10-3-1-4-11(9-10)16-13-5-2-6-14-12(13)7-8-19-14/h7-8,10-11,13,16H,1-6,9H2,(H,17,18). The van der Waals surface area contributed by atoms with Crippen LogP contribution in [0, 0.1) is 5.92 Å². The maximum absolute atomic E-state index is 11.1. The maximum Gasteiger partial charge on any atom is 0.306 e. The van der Waals surface area contributed by atoms with Crippen molar-refractivity contribution in [2.45, 2.75) is 57.0 Å². The van der Waals surface area contributed by atoms with Crippen LogP contribution in [-0.4, -0.2) is 17.1 Å². The quantitative estimate of drug-likeness (QED) is 0.880. The lowest BCUT2D eigenvalue weighted by Gasteiger charge is -2.32. The van der Waals surface area contributed by atoms with Crippen molar-refractivity contribution < 1.29 is 14.3 Å². The Hall–Kier alpha value is -1.29. The summed E-state index contributed by atoms with van der Waals surface area (Å²) < 4.78 is 5.50. The van der Waals surface area contributed by atoms with Crippen LogP contribution in [0.4, 0.5) is 0 Å². The summed E-state index contributed by atoms with van der Waals surface area (Å²) in [6.45, 7) is 0. The van der Waals surface area contributed by atoms with Gasteiger partial charge in [0.2, 0.25) is 0 Å². The molecule has 1 fully saturated rings. The van der Waals surface area contributed by atoms with Gasteiger partial charge in [0.15, 0.2) is 0 Å².